The molecule has 0 unspecified atom stereocenters. The quantitative estimate of drug-likeness (QED) is 0.203. The van der Waals surface area contributed by atoms with Gasteiger partial charge >= 0.3 is 0 Å². The normalized spacial score (nSPS) is 13.0. The van der Waals surface area contributed by atoms with E-state index in [0.717, 1.165) is 5.69 Å². The standard InChI is InChI=1S/C39H33N.C2H6/c1-4-6-13-29-14-7-8-15-34(29)39(31-22-20-28(3)21-23-31)33(5-2)30-24-26-32(27-25-30)40-37-18-11-9-16-35(37)36-17-10-12-19-38(36)40;1-2/h4-27H,1-3H3;1-2H3/b6-4+,29-13-,33-5+,39-34-;. The van der Waals surface area contributed by atoms with E-state index >= 15 is 0 Å². The summed E-state index contributed by atoms with van der Waals surface area (Å²) in [5, 5.41) is 4.99. The molecule has 0 radical (unpaired) electrons. The molecule has 1 heterocycles. The second-order valence-corrected chi connectivity index (χ2v) is 10.1. The van der Waals surface area contributed by atoms with Crippen molar-refractivity contribution >= 4 is 39.0 Å². The summed E-state index contributed by atoms with van der Waals surface area (Å²) < 4.78 is 2.37. The number of aryl methyl sites for hydroxylation is 1. The van der Waals surface area contributed by atoms with E-state index in [9.17, 15) is 0 Å². The van der Waals surface area contributed by atoms with Crippen molar-refractivity contribution in [2.24, 2.45) is 0 Å². The van der Waals surface area contributed by atoms with E-state index in [-0.39, 0.29) is 0 Å². The number of rotatable bonds is 5. The summed E-state index contributed by atoms with van der Waals surface area (Å²) in [5.74, 6) is 0. The first kappa shape index (κ1) is 28.6. The zero-order valence-corrected chi connectivity index (χ0v) is 25.3. The van der Waals surface area contributed by atoms with Gasteiger partial charge < -0.3 is 4.57 Å². The Morgan fingerprint density at radius 1 is 0.595 bits per heavy atom. The number of hydrogen-bond donors (Lipinski definition) is 0. The fourth-order valence-corrected chi connectivity index (χ4v) is 5.69. The predicted molar refractivity (Wildman–Crippen MR) is 184 cm³/mol. The van der Waals surface area contributed by atoms with E-state index in [1.807, 2.05) is 13.8 Å². The summed E-state index contributed by atoms with van der Waals surface area (Å²) in [5.41, 5.74) is 9.74. The van der Waals surface area contributed by atoms with Crippen molar-refractivity contribution in [2.45, 2.75) is 34.6 Å². The van der Waals surface area contributed by atoms with Gasteiger partial charge in [-0.15, -0.1) is 0 Å². The summed E-state index contributed by atoms with van der Waals surface area (Å²) in [6.07, 6.45) is 8.63. The average molecular weight is 546 g/mol. The molecule has 0 fully saturated rings. The Hall–Kier alpha value is -4.88. The van der Waals surface area contributed by atoms with E-state index in [1.54, 1.807) is 0 Å². The number of nitrogens with zero attached hydrogens (tertiary/aromatic N) is 1. The Morgan fingerprint density at radius 2 is 1.14 bits per heavy atom. The SMILES string of the molecule is C/C=C/C=c1/cccc/c1=C(/C(=C/C)c1ccc(-n2c3ccccc3c3ccccc32)cc1)c1ccc(C)cc1.CC. The average Bonchev–Trinajstić information content (AvgIpc) is 3.39. The summed E-state index contributed by atoms with van der Waals surface area (Å²) in [4.78, 5) is 0. The lowest BCUT2D eigenvalue weighted by atomic mass is 9.89. The highest BCUT2D eigenvalue weighted by atomic mass is 15.0. The zero-order chi connectivity index (χ0) is 29.5. The summed E-state index contributed by atoms with van der Waals surface area (Å²) >= 11 is 0. The molecule has 1 aromatic heterocycles. The number of benzene rings is 5. The molecular weight excluding hydrogens is 506 g/mol. The highest BCUT2D eigenvalue weighted by molar-refractivity contribution is 6.09. The van der Waals surface area contributed by atoms with E-state index in [0.29, 0.717) is 0 Å². The van der Waals surface area contributed by atoms with Crippen molar-refractivity contribution in [2.75, 3.05) is 0 Å². The van der Waals surface area contributed by atoms with Crippen molar-refractivity contribution in [1.82, 2.24) is 4.57 Å². The largest absolute Gasteiger partial charge is 0.309 e. The van der Waals surface area contributed by atoms with Crippen LogP contribution in [-0.4, -0.2) is 4.57 Å². The topological polar surface area (TPSA) is 4.93 Å². The van der Waals surface area contributed by atoms with Gasteiger partial charge in [-0.1, -0.05) is 141 Å². The maximum absolute atomic E-state index is 2.37. The lowest BCUT2D eigenvalue weighted by Gasteiger charge is -2.16. The van der Waals surface area contributed by atoms with Crippen LogP contribution in [0, 0.1) is 6.92 Å². The number of aromatic nitrogens is 1. The zero-order valence-electron chi connectivity index (χ0n) is 25.3. The van der Waals surface area contributed by atoms with E-state index < -0.39 is 0 Å². The van der Waals surface area contributed by atoms with Gasteiger partial charge in [-0.25, -0.2) is 0 Å². The fourth-order valence-electron chi connectivity index (χ4n) is 5.69. The minimum Gasteiger partial charge on any atom is -0.309 e. The molecule has 0 spiro atoms. The van der Waals surface area contributed by atoms with Crippen molar-refractivity contribution < 1.29 is 0 Å². The Kier molecular flexibility index (Phi) is 8.99. The molecule has 1 nitrogen and oxygen atoms in total. The van der Waals surface area contributed by atoms with Crippen LogP contribution in [0.15, 0.2) is 140 Å². The van der Waals surface area contributed by atoms with E-state index in [4.69, 9.17) is 0 Å². The third kappa shape index (κ3) is 5.51. The third-order valence-electron chi connectivity index (χ3n) is 7.61. The Labute approximate surface area is 250 Å². The lowest BCUT2D eigenvalue weighted by molar-refractivity contribution is 1.18. The van der Waals surface area contributed by atoms with Crippen LogP contribution in [0.25, 0.3) is 44.7 Å². The van der Waals surface area contributed by atoms with Gasteiger partial charge in [-0.05, 0) is 77.7 Å². The predicted octanol–water partition coefficient (Wildman–Crippen LogP) is 9.78. The molecule has 5 aromatic carbocycles. The Balaban J connectivity index is 0.00000173. The molecule has 0 aliphatic heterocycles. The van der Waals surface area contributed by atoms with Gasteiger partial charge in [-0.2, -0.15) is 0 Å². The van der Waals surface area contributed by atoms with Gasteiger partial charge in [0, 0.05) is 16.5 Å². The maximum atomic E-state index is 2.37. The number of hydrogen-bond acceptors (Lipinski definition) is 0. The molecule has 0 aliphatic rings. The minimum absolute atomic E-state index is 1.16. The molecule has 0 saturated carbocycles. The van der Waals surface area contributed by atoms with Crippen molar-refractivity contribution in [3.05, 3.63) is 167 Å². The molecule has 0 atom stereocenters. The summed E-state index contributed by atoms with van der Waals surface area (Å²) in [6.45, 7) is 10.3. The molecule has 0 N–H and O–H groups in total. The number of fused-ring (bicyclic) bond motifs is 3. The van der Waals surface area contributed by atoms with Gasteiger partial charge in [0.2, 0.25) is 0 Å². The molecule has 208 valence electrons. The third-order valence-corrected chi connectivity index (χ3v) is 7.61. The highest BCUT2D eigenvalue weighted by Crippen LogP contribution is 2.34. The van der Waals surface area contributed by atoms with Crippen LogP contribution in [0.2, 0.25) is 0 Å². The van der Waals surface area contributed by atoms with Crippen LogP contribution in [-0.2, 0) is 0 Å². The van der Waals surface area contributed by atoms with Crippen LogP contribution in [0.3, 0.4) is 0 Å². The first-order valence-corrected chi connectivity index (χ1v) is 14.9. The highest BCUT2D eigenvalue weighted by Gasteiger charge is 2.14. The first-order chi connectivity index (χ1) is 20.7. The van der Waals surface area contributed by atoms with E-state index in [1.165, 1.54) is 60.1 Å². The molecule has 6 aromatic rings. The second kappa shape index (κ2) is 13.2. The molecule has 6 rings (SSSR count). The Bertz CT molecular complexity index is 1940. The molecule has 0 amide bonds. The van der Waals surface area contributed by atoms with Gasteiger partial charge in [0.05, 0.1) is 11.0 Å². The van der Waals surface area contributed by atoms with Crippen LogP contribution < -0.4 is 10.4 Å². The Morgan fingerprint density at radius 3 is 1.74 bits per heavy atom. The molecule has 1 heteroatoms. The van der Waals surface area contributed by atoms with Gasteiger partial charge in [0.15, 0.2) is 0 Å². The molecule has 42 heavy (non-hydrogen) atoms. The van der Waals surface area contributed by atoms with Gasteiger partial charge in [0.25, 0.3) is 0 Å². The van der Waals surface area contributed by atoms with Crippen molar-refractivity contribution in [3.8, 4) is 5.69 Å². The van der Waals surface area contributed by atoms with Crippen molar-refractivity contribution in [1.29, 1.82) is 0 Å². The lowest BCUT2D eigenvalue weighted by Crippen LogP contribution is -2.27. The molecule has 0 aliphatic carbocycles. The molecule has 0 bridgehead atoms. The summed E-state index contributed by atoms with van der Waals surface area (Å²) in [6, 6.07) is 43.9. The summed E-state index contributed by atoms with van der Waals surface area (Å²) in [7, 11) is 0. The van der Waals surface area contributed by atoms with Crippen LogP contribution in [0.5, 0.6) is 0 Å². The molecule has 0 saturated heterocycles. The smallest absolute Gasteiger partial charge is 0.0541 e. The van der Waals surface area contributed by atoms with Gasteiger partial charge in [0.1, 0.15) is 0 Å². The molecular formula is C41H39N. The first-order valence-electron chi connectivity index (χ1n) is 14.9. The second-order valence-electron chi connectivity index (χ2n) is 10.1. The van der Waals surface area contributed by atoms with Gasteiger partial charge in [-0.3, -0.25) is 0 Å². The number of allylic oxidation sites excluding steroid dienone is 4. The van der Waals surface area contributed by atoms with Crippen molar-refractivity contribution in [3.63, 3.8) is 0 Å². The van der Waals surface area contributed by atoms with Crippen LogP contribution in [0.4, 0.5) is 0 Å². The monoisotopic (exact) mass is 545 g/mol. The fraction of sp³-hybridized carbons (Fsp3) is 0.122. The minimum atomic E-state index is 1.16. The maximum Gasteiger partial charge on any atom is 0.0541 e. The van der Waals surface area contributed by atoms with Crippen LogP contribution in [0.1, 0.15) is 44.4 Å². The van der Waals surface area contributed by atoms with E-state index in [2.05, 4.69) is 171 Å². The number of para-hydroxylation sites is 2. The van der Waals surface area contributed by atoms with Crippen LogP contribution >= 0.6 is 0 Å².